The highest BCUT2D eigenvalue weighted by molar-refractivity contribution is 7.99. The van der Waals surface area contributed by atoms with Crippen molar-refractivity contribution in [3.05, 3.63) is 57.9 Å². The summed E-state index contributed by atoms with van der Waals surface area (Å²) in [6, 6.07) is 5.85. The van der Waals surface area contributed by atoms with Crippen LogP contribution in [0.3, 0.4) is 0 Å². The molecule has 0 radical (unpaired) electrons. The smallest absolute Gasteiger partial charge is 0.417 e. The number of nitro benzene ring substituents is 1. The molecule has 0 saturated carbocycles. The third-order valence-corrected chi connectivity index (χ3v) is 4.75. The van der Waals surface area contributed by atoms with Gasteiger partial charge in [0.15, 0.2) is 5.69 Å². The van der Waals surface area contributed by atoms with E-state index in [1.807, 2.05) is 0 Å². The van der Waals surface area contributed by atoms with E-state index in [0.29, 0.717) is 11.1 Å². The predicted molar refractivity (Wildman–Crippen MR) is 97.8 cm³/mol. The number of aromatic amines is 1. The molecular formula is C17H12F3N5O4S. The SMILES string of the molecule is CCOC(=O)c1n[nH]nc1-c1cc([N+](=O)[O-])ccc1Sc1ccc(C(F)(F)F)cn1. The summed E-state index contributed by atoms with van der Waals surface area (Å²) in [6.07, 6.45) is -3.84. The third-order valence-electron chi connectivity index (χ3n) is 3.72. The van der Waals surface area contributed by atoms with Crippen molar-refractivity contribution in [1.82, 2.24) is 20.4 Å². The van der Waals surface area contributed by atoms with Crippen LogP contribution in [0.1, 0.15) is 23.0 Å². The number of nitrogens with zero attached hydrogens (tertiary/aromatic N) is 4. The number of esters is 1. The summed E-state index contributed by atoms with van der Waals surface area (Å²) in [5.41, 5.74) is -1.18. The van der Waals surface area contributed by atoms with Crippen molar-refractivity contribution in [3.63, 3.8) is 0 Å². The first-order valence-corrected chi connectivity index (χ1v) is 9.10. The average molecular weight is 439 g/mol. The van der Waals surface area contributed by atoms with Crippen LogP contribution in [0.4, 0.5) is 18.9 Å². The quantitative estimate of drug-likeness (QED) is 0.346. The lowest BCUT2D eigenvalue weighted by molar-refractivity contribution is -0.384. The molecule has 0 atom stereocenters. The highest BCUT2D eigenvalue weighted by Crippen LogP contribution is 2.38. The fraction of sp³-hybridized carbons (Fsp3) is 0.176. The van der Waals surface area contributed by atoms with Crippen molar-refractivity contribution in [2.24, 2.45) is 0 Å². The minimum Gasteiger partial charge on any atom is -0.461 e. The molecule has 3 aromatic rings. The number of nitro groups is 1. The van der Waals surface area contributed by atoms with E-state index in [9.17, 15) is 28.1 Å². The molecule has 0 unspecified atom stereocenters. The lowest BCUT2D eigenvalue weighted by Crippen LogP contribution is -2.07. The van der Waals surface area contributed by atoms with E-state index < -0.39 is 22.6 Å². The molecule has 0 aliphatic carbocycles. The van der Waals surface area contributed by atoms with Gasteiger partial charge in [-0.15, -0.1) is 5.10 Å². The summed E-state index contributed by atoms with van der Waals surface area (Å²) in [5.74, 6) is -0.781. The van der Waals surface area contributed by atoms with Gasteiger partial charge < -0.3 is 4.74 Å². The monoisotopic (exact) mass is 439 g/mol. The molecule has 0 spiro atoms. The molecule has 30 heavy (non-hydrogen) atoms. The van der Waals surface area contributed by atoms with Gasteiger partial charge in [-0.25, -0.2) is 9.78 Å². The van der Waals surface area contributed by atoms with E-state index >= 15 is 0 Å². The summed E-state index contributed by atoms with van der Waals surface area (Å²) < 4.78 is 43.1. The number of aromatic nitrogens is 4. The van der Waals surface area contributed by atoms with Gasteiger partial charge in [0.2, 0.25) is 0 Å². The van der Waals surface area contributed by atoms with E-state index in [1.54, 1.807) is 6.92 Å². The number of hydrogen-bond donors (Lipinski definition) is 1. The summed E-state index contributed by atoms with van der Waals surface area (Å²) >= 11 is 0.951. The Morgan fingerprint density at radius 3 is 2.63 bits per heavy atom. The average Bonchev–Trinajstić information content (AvgIpc) is 3.18. The summed E-state index contributed by atoms with van der Waals surface area (Å²) in [7, 11) is 0. The highest BCUT2D eigenvalue weighted by Gasteiger charge is 2.31. The fourth-order valence-electron chi connectivity index (χ4n) is 2.39. The van der Waals surface area contributed by atoms with Crippen LogP contribution in [-0.2, 0) is 10.9 Å². The first-order valence-electron chi connectivity index (χ1n) is 8.28. The van der Waals surface area contributed by atoms with Crippen LogP contribution < -0.4 is 0 Å². The predicted octanol–water partition coefficient (Wildman–Crippen LogP) is 4.12. The van der Waals surface area contributed by atoms with Crippen LogP contribution in [0.2, 0.25) is 0 Å². The number of rotatable bonds is 6. The van der Waals surface area contributed by atoms with Crippen LogP contribution in [0.15, 0.2) is 46.5 Å². The first kappa shape index (κ1) is 21.2. The Balaban J connectivity index is 2.03. The number of pyridine rings is 1. The van der Waals surface area contributed by atoms with Gasteiger partial charge in [-0.3, -0.25) is 10.1 Å². The molecule has 9 nitrogen and oxygen atoms in total. The normalized spacial score (nSPS) is 11.3. The van der Waals surface area contributed by atoms with Crippen LogP contribution in [0, 0.1) is 10.1 Å². The van der Waals surface area contributed by atoms with E-state index in [2.05, 4.69) is 20.4 Å². The van der Waals surface area contributed by atoms with Gasteiger partial charge in [0.1, 0.15) is 10.7 Å². The maximum atomic E-state index is 12.7. The molecule has 1 N–H and O–H groups in total. The number of benzene rings is 1. The Morgan fingerprint density at radius 1 is 1.27 bits per heavy atom. The van der Waals surface area contributed by atoms with Crippen molar-refractivity contribution < 1.29 is 27.6 Å². The number of nitrogens with one attached hydrogen (secondary N) is 1. The molecule has 0 aliphatic rings. The molecule has 13 heteroatoms. The molecular weight excluding hydrogens is 427 g/mol. The zero-order chi connectivity index (χ0) is 21.9. The molecule has 2 heterocycles. The van der Waals surface area contributed by atoms with E-state index in [1.165, 1.54) is 24.3 Å². The van der Waals surface area contributed by atoms with Gasteiger partial charge in [-0.05, 0) is 25.1 Å². The van der Waals surface area contributed by atoms with Crippen molar-refractivity contribution in [3.8, 4) is 11.3 Å². The van der Waals surface area contributed by atoms with E-state index in [-0.39, 0.29) is 34.3 Å². The largest absolute Gasteiger partial charge is 0.461 e. The Hall–Kier alpha value is -3.48. The Bertz CT molecular complexity index is 1090. The molecule has 2 aromatic heterocycles. The topological polar surface area (TPSA) is 124 Å². The van der Waals surface area contributed by atoms with Crippen LogP contribution in [-0.4, -0.2) is 37.9 Å². The zero-order valence-corrected chi connectivity index (χ0v) is 16.0. The van der Waals surface area contributed by atoms with Crippen molar-refractivity contribution >= 4 is 23.4 Å². The molecule has 3 rings (SSSR count). The highest BCUT2D eigenvalue weighted by atomic mass is 32.2. The summed E-state index contributed by atoms with van der Waals surface area (Å²) in [5, 5.41) is 21.3. The molecule has 0 bridgehead atoms. The van der Waals surface area contributed by atoms with Gasteiger partial charge >= 0.3 is 12.1 Å². The molecule has 0 amide bonds. The second-order valence-corrected chi connectivity index (χ2v) is 6.73. The number of halogens is 3. The molecule has 156 valence electrons. The third kappa shape index (κ3) is 4.56. The Morgan fingerprint density at radius 2 is 2.03 bits per heavy atom. The number of ether oxygens (including phenoxy) is 1. The minimum atomic E-state index is -4.52. The van der Waals surface area contributed by atoms with Gasteiger partial charge in [0.05, 0.1) is 17.1 Å². The van der Waals surface area contributed by atoms with E-state index in [0.717, 1.165) is 17.8 Å². The first-order chi connectivity index (χ1) is 14.2. The lowest BCUT2D eigenvalue weighted by Gasteiger charge is -2.09. The molecule has 0 aliphatic heterocycles. The van der Waals surface area contributed by atoms with Crippen LogP contribution in [0.25, 0.3) is 11.3 Å². The maximum Gasteiger partial charge on any atom is 0.417 e. The number of hydrogen-bond acceptors (Lipinski definition) is 8. The van der Waals surface area contributed by atoms with Crippen molar-refractivity contribution in [2.75, 3.05) is 6.61 Å². The molecule has 0 saturated heterocycles. The van der Waals surface area contributed by atoms with Crippen LogP contribution in [0.5, 0.6) is 0 Å². The van der Waals surface area contributed by atoms with Gasteiger partial charge in [0.25, 0.3) is 5.69 Å². The number of alkyl halides is 3. The standard InChI is InChI=1S/C17H12F3N5O4S/c1-2-29-16(26)15-14(22-24-23-15)11-7-10(25(27)28)4-5-12(11)30-13-6-3-9(8-21-13)17(18,19)20/h3-8H,2H2,1H3,(H,22,23,24). The van der Waals surface area contributed by atoms with Crippen molar-refractivity contribution in [1.29, 1.82) is 0 Å². The number of H-pyrrole nitrogens is 1. The number of non-ortho nitro benzene ring substituents is 1. The minimum absolute atomic E-state index is 0.00608. The van der Waals surface area contributed by atoms with E-state index in [4.69, 9.17) is 4.74 Å². The van der Waals surface area contributed by atoms with Crippen molar-refractivity contribution in [2.45, 2.75) is 23.0 Å². The Labute approximate surface area is 170 Å². The maximum absolute atomic E-state index is 12.7. The van der Waals surface area contributed by atoms with Gasteiger partial charge in [-0.1, -0.05) is 11.8 Å². The lowest BCUT2D eigenvalue weighted by atomic mass is 10.1. The molecule has 1 aromatic carbocycles. The molecule has 0 fully saturated rings. The number of carbonyl (C=O) groups is 1. The summed E-state index contributed by atoms with van der Waals surface area (Å²) in [6.45, 7) is 1.68. The zero-order valence-electron chi connectivity index (χ0n) is 15.1. The Kier molecular flexibility index (Phi) is 6.01. The van der Waals surface area contributed by atoms with Gasteiger partial charge in [-0.2, -0.15) is 23.5 Å². The fourth-order valence-corrected chi connectivity index (χ4v) is 3.26. The summed E-state index contributed by atoms with van der Waals surface area (Å²) in [4.78, 5) is 26.8. The second kappa shape index (κ2) is 8.49. The second-order valence-electron chi connectivity index (χ2n) is 5.66. The number of carbonyl (C=O) groups excluding carboxylic acids is 1. The van der Waals surface area contributed by atoms with Crippen LogP contribution >= 0.6 is 11.8 Å². The van der Waals surface area contributed by atoms with Gasteiger partial charge in [0, 0.05) is 28.8 Å².